The smallest absolute Gasteiger partial charge is 0.337 e. The Hall–Kier alpha value is -1.47. The number of aliphatic hydroxyl groups excluding tert-OH is 1. The van der Waals surface area contributed by atoms with Crippen LogP contribution in [0.5, 0.6) is 0 Å². The third-order valence-electron chi connectivity index (χ3n) is 2.26. The lowest BCUT2D eigenvalue weighted by atomic mass is 10.2. The molecule has 6 nitrogen and oxygen atoms in total. The number of amides is 1. The van der Waals surface area contributed by atoms with E-state index in [-0.39, 0.29) is 18.9 Å². The molecular weight excluding hydrogens is 280 g/mol. The number of thiazole rings is 1. The Morgan fingerprint density at radius 3 is 2.75 bits per heavy atom. The lowest BCUT2D eigenvalue weighted by Gasteiger charge is -2.21. The normalized spacial score (nSPS) is 12.8. The fourth-order valence-electron chi connectivity index (χ4n) is 1.35. The molecule has 0 aliphatic carbocycles. The summed E-state index contributed by atoms with van der Waals surface area (Å²) in [6, 6.07) is 0. The molecule has 0 aliphatic heterocycles. The zero-order valence-electron chi connectivity index (χ0n) is 11.9. The first-order valence-corrected chi connectivity index (χ1v) is 7.27. The number of aryl methyl sites for hydroxylation is 1. The number of hydrogen-bond acceptors (Lipinski definition) is 6. The fraction of sp³-hybridized carbons (Fsp3) is 0.615. The van der Waals surface area contributed by atoms with Gasteiger partial charge in [0.15, 0.2) is 6.10 Å². The predicted molar refractivity (Wildman–Crippen MR) is 75.3 cm³/mol. The Labute approximate surface area is 122 Å². The first-order chi connectivity index (χ1) is 9.28. The number of aromatic nitrogens is 1. The minimum atomic E-state index is -1.35. The van der Waals surface area contributed by atoms with Crippen molar-refractivity contribution in [2.45, 2.75) is 45.3 Å². The minimum absolute atomic E-state index is 0.148. The van der Waals surface area contributed by atoms with Gasteiger partial charge in [-0.25, -0.2) is 9.78 Å². The van der Waals surface area contributed by atoms with Gasteiger partial charge in [0, 0.05) is 11.8 Å². The average molecular weight is 300 g/mol. The van der Waals surface area contributed by atoms with Crippen molar-refractivity contribution in [1.82, 2.24) is 10.3 Å². The molecule has 1 atom stereocenters. The highest BCUT2D eigenvalue weighted by Crippen LogP contribution is 2.08. The van der Waals surface area contributed by atoms with Gasteiger partial charge in [0.1, 0.15) is 5.60 Å². The van der Waals surface area contributed by atoms with Crippen LogP contribution in [0, 0.1) is 0 Å². The second-order valence-corrected chi connectivity index (χ2v) is 6.05. The van der Waals surface area contributed by atoms with Crippen LogP contribution in [0.15, 0.2) is 10.9 Å². The van der Waals surface area contributed by atoms with Gasteiger partial charge >= 0.3 is 5.97 Å². The molecule has 112 valence electrons. The zero-order chi connectivity index (χ0) is 15.2. The SMILES string of the molecule is CC(C)(C)OC(=O)[C@H](O)CNC(=O)CCc1cscn1. The summed E-state index contributed by atoms with van der Waals surface area (Å²) in [4.78, 5) is 27.1. The molecule has 7 heteroatoms. The van der Waals surface area contributed by atoms with Crippen molar-refractivity contribution in [3.63, 3.8) is 0 Å². The van der Waals surface area contributed by atoms with Crippen molar-refractivity contribution in [3.05, 3.63) is 16.6 Å². The molecule has 0 aliphatic rings. The van der Waals surface area contributed by atoms with Crippen LogP contribution in [0.25, 0.3) is 0 Å². The third kappa shape index (κ3) is 6.63. The fourth-order valence-corrected chi connectivity index (χ4v) is 1.95. The Morgan fingerprint density at radius 2 is 2.20 bits per heavy atom. The van der Waals surface area contributed by atoms with E-state index in [2.05, 4.69) is 10.3 Å². The summed E-state index contributed by atoms with van der Waals surface area (Å²) >= 11 is 1.47. The van der Waals surface area contributed by atoms with E-state index in [4.69, 9.17) is 4.74 Å². The largest absolute Gasteiger partial charge is 0.458 e. The second kappa shape index (κ2) is 7.35. The first kappa shape index (κ1) is 16.6. The molecule has 1 aromatic heterocycles. The van der Waals surface area contributed by atoms with Gasteiger partial charge < -0.3 is 15.2 Å². The first-order valence-electron chi connectivity index (χ1n) is 6.32. The van der Waals surface area contributed by atoms with E-state index >= 15 is 0 Å². The number of esters is 1. The average Bonchev–Trinajstić information content (AvgIpc) is 2.84. The van der Waals surface area contributed by atoms with Crippen molar-refractivity contribution >= 4 is 23.2 Å². The van der Waals surface area contributed by atoms with E-state index in [1.54, 1.807) is 26.3 Å². The number of hydrogen-bond donors (Lipinski definition) is 2. The van der Waals surface area contributed by atoms with Crippen molar-refractivity contribution in [2.24, 2.45) is 0 Å². The van der Waals surface area contributed by atoms with Crippen molar-refractivity contribution in [3.8, 4) is 0 Å². The van der Waals surface area contributed by atoms with Gasteiger partial charge in [-0.15, -0.1) is 11.3 Å². The summed E-state index contributed by atoms with van der Waals surface area (Å²) in [6.45, 7) is 4.99. The van der Waals surface area contributed by atoms with Gasteiger partial charge in [0.05, 0.1) is 17.7 Å². The Kier molecular flexibility index (Phi) is 6.09. The highest BCUT2D eigenvalue weighted by Gasteiger charge is 2.23. The molecule has 1 amide bonds. The highest BCUT2D eigenvalue weighted by atomic mass is 32.1. The van der Waals surface area contributed by atoms with E-state index in [1.165, 1.54) is 11.3 Å². The minimum Gasteiger partial charge on any atom is -0.458 e. The topological polar surface area (TPSA) is 88.5 Å². The molecule has 20 heavy (non-hydrogen) atoms. The van der Waals surface area contributed by atoms with Gasteiger partial charge in [-0.3, -0.25) is 4.79 Å². The quantitative estimate of drug-likeness (QED) is 0.762. The summed E-state index contributed by atoms with van der Waals surface area (Å²) < 4.78 is 5.00. The summed E-state index contributed by atoms with van der Waals surface area (Å²) in [5, 5.41) is 14.0. The standard InChI is InChI=1S/C13H20N2O4S/c1-13(2,3)19-12(18)10(16)6-14-11(17)5-4-9-7-20-8-15-9/h7-8,10,16H,4-6H2,1-3H3,(H,14,17)/t10-/m1/s1. The number of rotatable bonds is 6. The Morgan fingerprint density at radius 1 is 1.50 bits per heavy atom. The molecule has 0 saturated heterocycles. The van der Waals surface area contributed by atoms with Crippen LogP contribution in [0.4, 0.5) is 0 Å². The monoisotopic (exact) mass is 300 g/mol. The molecular formula is C13H20N2O4S. The van der Waals surface area contributed by atoms with Crippen molar-refractivity contribution in [1.29, 1.82) is 0 Å². The highest BCUT2D eigenvalue weighted by molar-refractivity contribution is 7.07. The predicted octanol–water partition coefficient (Wildman–Crippen LogP) is 0.894. The van der Waals surface area contributed by atoms with Crippen molar-refractivity contribution < 1.29 is 19.4 Å². The molecule has 1 aromatic rings. The zero-order valence-corrected chi connectivity index (χ0v) is 12.7. The van der Waals surface area contributed by atoms with Gasteiger partial charge in [0.25, 0.3) is 0 Å². The van der Waals surface area contributed by atoms with Crippen LogP contribution in [-0.2, 0) is 20.7 Å². The lowest BCUT2D eigenvalue weighted by Crippen LogP contribution is -2.40. The molecule has 0 bridgehead atoms. The number of nitrogens with zero attached hydrogens (tertiary/aromatic N) is 1. The molecule has 1 rings (SSSR count). The van der Waals surface area contributed by atoms with Crippen LogP contribution >= 0.6 is 11.3 Å². The number of ether oxygens (including phenoxy) is 1. The van der Waals surface area contributed by atoms with Gasteiger partial charge in [-0.05, 0) is 27.2 Å². The Bertz CT molecular complexity index is 440. The van der Waals surface area contributed by atoms with E-state index < -0.39 is 17.7 Å². The lowest BCUT2D eigenvalue weighted by molar-refractivity contribution is -0.164. The number of aliphatic hydroxyl groups is 1. The maximum Gasteiger partial charge on any atom is 0.337 e. The molecule has 0 unspecified atom stereocenters. The molecule has 0 aromatic carbocycles. The number of nitrogens with one attached hydrogen (secondary N) is 1. The van der Waals surface area contributed by atoms with Gasteiger partial charge in [-0.2, -0.15) is 0 Å². The maximum atomic E-state index is 11.6. The summed E-state index contributed by atoms with van der Waals surface area (Å²) in [5.41, 5.74) is 1.91. The Balaban J connectivity index is 2.24. The molecule has 0 fully saturated rings. The summed E-state index contributed by atoms with van der Waals surface area (Å²) in [5.74, 6) is -0.974. The summed E-state index contributed by atoms with van der Waals surface area (Å²) in [6.07, 6.45) is -0.541. The molecule has 0 radical (unpaired) electrons. The van der Waals surface area contributed by atoms with Crippen LogP contribution in [0.3, 0.4) is 0 Å². The van der Waals surface area contributed by atoms with E-state index in [9.17, 15) is 14.7 Å². The molecule has 0 saturated carbocycles. The summed E-state index contributed by atoms with van der Waals surface area (Å²) in [7, 11) is 0. The van der Waals surface area contributed by atoms with E-state index in [0.717, 1.165) is 5.69 Å². The van der Waals surface area contributed by atoms with E-state index in [0.29, 0.717) is 6.42 Å². The van der Waals surface area contributed by atoms with Crippen molar-refractivity contribution in [2.75, 3.05) is 6.54 Å². The molecule has 0 spiro atoms. The van der Waals surface area contributed by atoms with Crippen LogP contribution in [0.2, 0.25) is 0 Å². The van der Waals surface area contributed by atoms with Crippen LogP contribution in [0.1, 0.15) is 32.9 Å². The number of carbonyl (C=O) groups is 2. The van der Waals surface area contributed by atoms with Crippen LogP contribution < -0.4 is 5.32 Å². The van der Waals surface area contributed by atoms with Gasteiger partial charge in [-0.1, -0.05) is 0 Å². The van der Waals surface area contributed by atoms with Crippen LogP contribution in [-0.4, -0.2) is 40.2 Å². The molecule has 1 heterocycles. The maximum absolute atomic E-state index is 11.6. The van der Waals surface area contributed by atoms with E-state index in [1.807, 2.05) is 5.38 Å². The van der Waals surface area contributed by atoms with Gasteiger partial charge in [0.2, 0.25) is 5.91 Å². The second-order valence-electron chi connectivity index (χ2n) is 5.33. The number of carbonyl (C=O) groups excluding carboxylic acids is 2. The molecule has 2 N–H and O–H groups in total. The third-order valence-corrected chi connectivity index (χ3v) is 2.90.